The first kappa shape index (κ1) is 13.6. The molecule has 1 unspecified atom stereocenters. The molecule has 16 heavy (non-hydrogen) atoms. The van der Waals surface area contributed by atoms with Gasteiger partial charge in [0, 0.05) is 10.7 Å². The number of thiocarbonyl (C=S) groups is 1. The predicted molar refractivity (Wildman–Crippen MR) is 79.7 cm³/mol. The van der Waals surface area contributed by atoms with E-state index in [2.05, 4.69) is 18.4 Å². The summed E-state index contributed by atoms with van der Waals surface area (Å²) >= 11 is 12.8. The fourth-order valence-electron chi connectivity index (χ4n) is 1.31. The van der Waals surface area contributed by atoms with Crippen LogP contribution in [0.25, 0.3) is 0 Å². The molecule has 0 aliphatic heterocycles. The first-order chi connectivity index (χ1) is 7.60. The SMILES string of the molecule is C=CC(C)N(C(=S)SC)c1ccc(Cl)cc1. The second-order valence-corrected chi connectivity index (χ2v) is 5.17. The Morgan fingerprint density at radius 1 is 1.50 bits per heavy atom. The molecule has 0 saturated heterocycles. The molecule has 0 radical (unpaired) electrons. The van der Waals surface area contributed by atoms with Gasteiger partial charge in [-0.1, -0.05) is 41.7 Å². The molecule has 1 nitrogen and oxygen atoms in total. The van der Waals surface area contributed by atoms with Gasteiger partial charge in [0.25, 0.3) is 0 Å². The Bertz CT molecular complexity index is 375. The van der Waals surface area contributed by atoms with Crippen molar-refractivity contribution in [2.45, 2.75) is 13.0 Å². The van der Waals surface area contributed by atoms with Crippen LogP contribution in [-0.4, -0.2) is 16.6 Å². The highest BCUT2D eigenvalue weighted by atomic mass is 35.5. The van der Waals surface area contributed by atoms with E-state index >= 15 is 0 Å². The first-order valence-electron chi connectivity index (χ1n) is 4.85. The maximum atomic E-state index is 5.87. The summed E-state index contributed by atoms with van der Waals surface area (Å²) in [5, 5.41) is 0.727. The summed E-state index contributed by atoms with van der Waals surface area (Å²) in [6.45, 7) is 5.86. The Labute approximate surface area is 111 Å². The molecule has 0 spiro atoms. The molecule has 0 amide bonds. The monoisotopic (exact) mass is 271 g/mol. The topological polar surface area (TPSA) is 3.24 Å². The van der Waals surface area contributed by atoms with Gasteiger partial charge in [0.1, 0.15) is 4.32 Å². The summed E-state index contributed by atoms with van der Waals surface area (Å²) in [7, 11) is 0. The zero-order valence-corrected chi connectivity index (χ0v) is 11.7. The summed E-state index contributed by atoms with van der Waals surface area (Å²) in [4.78, 5) is 2.06. The molecular formula is C12H14ClNS2. The third-order valence-corrected chi connectivity index (χ3v) is 3.72. The third kappa shape index (κ3) is 3.24. The number of hydrogen-bond donors (Lipinski definition) is 0. The molecular weight excluding hydrogens is 258 g/mol. The largest absolute Gasteiger partial charge is 0.321 e. The second-order valence-electron chi connectivity index (χ2n) is 3.29. The Morgan fingerprint density at radius 3 is 2.50 bits per heavy atom. The van der Waals surface area contributed by atoms with Crippen molar-refractivity contribution in [3.05, 3.63) is 41.9 Å². The van der Waals surface area contributed by atoms with Gasteiger partial charge >= 0.3 is 0 Å². The number of benzene rings is 1. The predicted octanol–water partition coefficient (Wildman–Crippen LogP) is 4.37. The Kier molecular flexibility index (Phi) is 5.32. The molecule has 4 heteroatoms. The van der Waals surface area contributed by atoms with Crippen LogP contribution in [0.2, 0.25) is 5.02 Å². The molecule has 1 atom stereocenters. The quantitative estimate of drug-likeness (QED) is 0.594. The maximum absolute atomic E-state index is 5.87. The summed E-state index contributed by atoms with van der Waals surface area (Å²) in [5.74, 6) is 0. The van der Waals surface area contributed by atoms with Crippen LogP contribution >= 0.6 is 35.6 Å². The molecule has 0 aliphatic carbocycles. The van der Waals surface area contributed by atoms with Gasteiger partial charge in [-0.25, -0.2) is 0 Å². The van der Waals surface area contributed by atoms with E-state index < -0.39 is 0 Å². The van der Waals surface area contributed by atoms with E-state index in [9.17, 15) is 0 Å². The van der Waals surface area contributed by atoms with Gasteiger partial charge in [0.15, 0.2) is 0 Å². The van der Waals surface area contributed by atoms with E-state index in [0.29, 0.717) is 0 Å². The summed E-state index contributed by atoms with van der Waals surface area (Å²) in [5.41, 5.74) is 1.04. The van der Waals surface area contributed by atoms with Gasteiger partial charge in [-0.3, -0.25) is 0 Å². The van der Waals surface area contributed by atoms with Gasteiger partial charge in [-0.05, 0) is 37.4 Å². The lowest BCUT2D eigenvalue weighted by molar-refractivity contribution is 0.903. The van der Waals surface area contributed by atoms with Crippen molar-refractivity contribution in [3.63, 3.8) is 0 Å². The van der Waals surface area contributed by atoms with E-state index in [0.717, 1.165) is 15.0 Å². The maximum Gasteiger partial charge on any atom is 0.141 e. The fraction of sp³-hybridized carbons (Fsp3) is 0.250. The van der Waals surface area contributed by atoms with E-state index in [-0.39, 0.29) is 6.04 Å². The number of nitrogens with zero attached hydrogens (tertiary/aromatic N) is 1. The van der Waals surface area contributed by atoms with Crippen LogP contribution in [0, 0.1) is 0 Å². The lowest BCUT2D eigenvalue weighted by atomic mass is 10.2. The number of rotatable bonds is 3. The second kappa shape index (κ2) is 6.28. The molecule has 0 aromatic heterocycles. The van der Waals surface area contributed by atoms with Gasteiger partial charge in [-0.15, -0.1) is 6.58 Å². The Balaban J connectivity index is 3.05. The summed E-state index contributed by atoms with van der Waals surface area (Å²) in [6.07, 6.45) is 3.85. The first-order valence-corrected chi connectivity index (χ1v) is 6.86. The normalized spacial score (nSPS) is 11.9. The van der Waals surface area contributed by atoms with Crippen LogP contribution in [0.15, 0.2) is 36.9 Å². The number of anilines is 1. The molecule has 1 aromatic rings. The van der Waals surface area contributed by atoms with Crippen LogP contribution in [0.5, 0.6) is 0 Å². The molecule has 0 N–H and O–H groups in total. The van der Waals surface area contributed by atoms with E-state index in [1.54, 1.807) is 11.8 Å². The van der Waals surface area contributed by atoms with Crippen LogP contribution < -0.4 is 4.90 Å². The molecule has 0 bridgehead atoms. The van der Waals surface area contributed by atoms with E-state index in [1.165, 1.54) is 0 Å². The average molecular weight is 272 g/mol. The molecule has 86 valence electrons. The van der Waals surface area contributed by atoms with Crippen molar-refractivity contribution < 1.29 is 0 Å². The third-order valence-electron chi connectivity index (χ3n) is 2.22. The lowest BCUT2D eigenvalue weighted by Crippen LogP contribution is -2.34. The highest BCUT2D eigenvalue weighted by Gasteiger charge is 2.15. The Morgan fingerprint density at radius 2 is 2.06 bits per heavy atom. The van der Waals surface area contributed by atoms with Gasteiger partial charge < -0.3 is 4.90 Å². The minimum Gasteiger partial charge on any atom is -0.321 e. The number of halogens is 1. The molecule has 0 saturated carbocycles. The van der Waals surface area contributed by atoms with E-state index in [4.69, 9.17) is 23.8 Å². The van der Waals surface area contributed by atoms with Crippen LogP contribution in [-0.2, 0) is 0 Å². The lowest BCUT2D eigenvalue weighted by Gasteiger charge is -2.28. The van der Waals surface area contributed by atoms with Crippen molar-refractivity contribution in [3.8, 4) is 0 Å². The molecule has 1 aromatic carbocycles. The Hall–Kier alpha value is -0.510. The molecule has 1 rings (SSSR count). The molecule has 0 fully saturated rings. The minimum absolute atomic E-state index is 0.168. The van der Waals surface area contributed by atoms with Gasteiger partial charge in [0.05, 0.1) is 6.04 Å². The van der Waals surface area contributed by atoms with Crippen molar-refractivity contribution in [1.29, 1.82) is 0 Å². The molecule has 0 aliphatic rings. The summed E-state index contributed by atoms with van der Waals surface area (Å²) < 4.78 is 0.828. The zero-order chi connectivity index (χ0) is 12.1. The van der Waals surface area contributed by atoms with Gasteiger partial charge in [0.2, 0.25) is 0 Å². The summed E-state index contributed by atoms with van der Waals surface area (Å²) in [6, 6.07) is 7.82. The molecule has 0 heterocycles. The smallest absolute Gasteiger partial charge is 0.141 e. The zero-order valence-electron chi connectivity index (χ0n) is 9.31. The van der Waals surface area contributed by atoms with Crippen LogP contribution in [0.1, 0.15) is 6.92 Å². The van der Waals surface area contributed by atoms with Crippen molar-refractivity contribution >= 4 is 45.6 Å². The fourth-order valence-corrected chi connectivity index (χ4v) is 2.18. The van der Waals surface area contributed by atoms with Crippen molar-refractivity contribution in [1.82, 2.24) is 0 Å². The van der Waals surface area contributed by atoms with Crippen LogP contribution in [0.4, 0.5) is 5.69 Å². The van der Waals surface area contributed by atoms with Gasteiger partial charge in [-0.2, -0.15) is 0 Å². The van der Waals surface area contributed by atoms with E-state index in [1.807, 2.05) is 36.6 Å². The van der Waals surface area contributed by atoms with Crippen LogP contribution in [0.3, 0.4) is 0 Å². The minimum atomic E-state index is 0.168. The highest BCUT2D eigenvalue weighted by molar-refractivity contribution is 8.22. The standard InChI is InChI=1S/C12H14ClNS2/c1-4-9(2)14(12(15)16-3)11-7-5-10(13)6-8-11/h4-9H,1H2,2-3H3. The van der Waals surface area contributed by atoms with Crippen molar-refractivity contribution in [2.75, 3.05) is 11.2 Å². The number of hydrogen-bond acceptors (Lipinski definition) is 2. The average Bonchev–Trinajstić information content (AvgIpc) is 2.31. The number of thioether (sulfide) groups is 1. The van der Waals surface area contributed by atoms with Crippen molar-refractivity contribution in [2.24, 2.45) is 0 Å². The highest BCUT2D eigenvalue weighted by Crippen LogP contribution is 2.23.